The van der Waals surface area contributed by atoms with Crippen LogP contribution in [0.5, 0.6) is 0 Å². The van der Waals surface area contributed by atoms with Crippen molar-refractivity contribution < 1.29 is 0 Å². The van der Waals surface area contributed by atoms with Gasteiger partial charge in [0.1, 0.15) is 11.6 Å². The number of fused-ring (bicyclic) bond motifs is 1. The molecule has 5 rings (SSSR count). The van der Waals surface area contributed by atoms with Crippen molar-refractivity contribution in [2.24, 2.45) is 0 Å². The summed E-state index contributed by atoms with van der Waals surface area (Å²) in [4.78, 5) is 32.3. The Morgan fingerprint density at radius 2 is 1.85 bits per heavy atom. The van der Waals surface area contributed by atoms with Gasteiger partial charge in [-0.2, -0.15) is 4.98 Å². The van der Waals surface area contributed by atoms with Gasteiger partial charge >= 0.3 is 0 Å². The lowest BCUT2D eigenvalue weighted by atomic mass is 10.2. The number of nitrogens with two attached hydrogens (primary N) is 1. The molecule has 10 heteroatoms. The van der Waals surface area contributed by atoms with Gasteiger partial charge in [-0.3, -0.25) is 9.36 Å². The van der Waals surface area contributed by atoms with Crippen molar-refractivity contribution in [2.45, 2.75) is 19.9 Å². The molecule has 0 spiro atoms. The Labute approximate surface area is 204 Å². The number of aromatic nitrogens is 5. The van der Waals surface area contributed by atoms with Crippen molar-refractivity contribution in [1.29, 1.82) is 0 Å². The molecule has 0 saturated carbocycles. The van der Waals surface area contributed by atoms with E-state index in [1.807, 2.05) is 44.2 Å². The van der Waals surface area contributed by atoms with Crippen molar-refractivity contribution >= 4 is 45.6 Å². The van der Waals surface area contributed by atoms with Gasteiger partial charge in [0, 0.05) is 12.4 Å². The minimum Gasteiger partial charge on any atom is -0.368 e. The van der Waals surface area contributed by atoms with Crippen LogP contribution in [0, 0.1) is 6.92 Å². The van der Waals surface area contributed by atoms with Crippen LogP contribution in [0.25, 0.3) is 27.0 Å². The second-order valence-electron chi connectivity index (χ2n) is 7.68. The van der Waals surface area contributed by atoms with Gasteiger partial charge in [-0.1, -0.05) is 35.9 Å². The van der Waals surface area contributed by atoms with Crippen LogP contribution in [0.1, 0.15) is 23.8 Å². The van der Waals surface area contributed by atoms with Gasteiger partial charge < -0.3 is 11.1 Å². The number of aryl methyl sites for hydroxylation is 1. The third-order valence-corrected chi connectivity index (χ3v) is 6.58. The predicted octanol–water partition coefficient (Wildman–Crippen LogP) is 5.02. The van der Waals surface area contributed by atoms with E-state index >= 15 is 0 Å². The molecule has 0 aliphatic rings. The minimum absolute atomic E-state index is 0.137. The SMILES string of the molecule is Cc1ncc(-c2cnc(N)nc2N[C@@H](C)c2nc3cccc(Cl)c3c(=O)n2-c2ccccc2)s1. The molecule has 8 nitrogen and oxygen atoms in total. The van der Waals surface area contributed by atoms with Crippen LogP contribution < -0.4 is 16.6 Å². The quantitative estimate of drug-likeness (QED) is 0.356. The largest absolute Gasteiger partial charge is 0.368 e. The summed E-state index contributed by atoms with van der Waals surface area (Å²) in [5, 5.41) is 5.04. The van der Waals surface area contributed by atoms with E-state index in [-0.39, 0.29) is 11.5 Å². The van der Waals surface area contributed by atoms with E-state index in [2.05, 4.69) is 20.3 Å². The third-order valence-electron chi connectivity index (χ3n) is 5.32. The summed E-state index contributed by atoms with van der Waals surface area (Å²) in [5.74, 6) is 1.18. The van der Waals surface area contributed by atoms with Crippen LogP contribution in [0.2, 0.25) is 5.02 Å². The molecule has 0 saturated heterocycles. The predicted molar refractivity (Wildman–Crippen MR) is 137 cm³/mol. The summed E-state index contributed by atoms with van der Waals surface area (Å²) in [6.07, 6.45) is 3.45. The third kappa shape index (κ3) is 4.00. The Hall–Kier alpha value is -3.82. The summed E-state index contributed by atoms with van der Waals surface area (Å²) in [5.41, 5.74) is 7.63. The number of anilines is 2. The molecule has 34 heavy (non-hydrogen) atoms. The number of para-hydroxylation sites is 1. The van der Waals surface area contributed by atoms with E-state index in [1.165, 1.54) is 11.3 Å². The Kier molecular flexibility index (Phi) is 5.72. The van der Waals surface area contributed by atoms with Gasteiger partial charge in [-0.05, 0) is 38.1 Å². The number of nitrogens with one attached hydrogen (secondary N) is 1. The molecule has 0 radical (unpaired) electrons. The van der Waals surface area contributed by atoms with Gasteiger partial charge in [0.15, 0.2) is 0 Å². The maximum absolute atomic E-state index is 13.6. The molecular formula is C24H20ClN7OS. The molecule has 1 atom stereocenters. The first-order valence-corrected chi connectivity index (χ1v) is 11.7. The van der Waals surface area contributed by atoms with E-state index in [1.54, 1.807) is 35.2 Å². The number of nitrogen functional groups attached to an aromatic ring is 1. The second kappa shape index (κ2) is 8.85. The Morgan fingerprint density at radius 3 is 2.59 bits per heavy atom. The van der Waals surface area contributed by atoms with Crippen LogP contribution in [-0.2, 0) is 0 Å². The fourth-order valence-electron chi connectivity index (χ4n) is 3.77. The Bertz CT molecular complexity index is 1570. The molecule has 0 aliphatic heterocycles. The molecule has 3 N–H and O–H groups in total. The highest BCUT2D eigenvalue weighted by Crippen LogP contribution is 2.33. The van der Waals surface area contributed by atoms with Crippen molar-refractivity contribution in [3.05, 3.63) is 87.1 Å². The van der Waals surface area contributed by atoms with E-state index in [9.17, 15) is 4.79 Å². The average molecular weight is 490 g/mol. The number of hydrogen-bond acceptors (Lipinski definition) is 8. The topological polar surface area (TPSA) is 112 Å². The first-order valence-electron chi connectivity index (χ1n) is 10.5. The fourth-order valence-corrected chi connectivity index (χ4v) is 4.80. The highest BCUT2D eigenvalue weighted by molar-refractivity contribution is 7.15. The lowest BCUT2D eigenvalue weighted by Gasteiger charge is -2.21. The highest BCUT2D eigenvalue weighted by Gasteiger charge is 2.21. The zero-order chi connectivity index (χ0) is 23.8. The zero-order valence-corrected chi connectivity index (χ0v) is 19.9. The fraction of sp³-hybridized carbons (Fsp3) is 0.125. The lowest BCUT2D eigenvalue weighted by Crippen LogP contribution is -2.27. The number of thiazole rings is 1. The lowest BCUT2D eigenvalue weighted by molar-refractivity contribution is 0.731. The first kappa shape index (κ1) is 22.0. The van der Waals surface area contributed by atoms with Crippen LogP contribution in [0.4, 0.5) is 11.8 Å². The maximum Gasteiger partial charge on any atom is 0.267 e. The number of halogens is 1. The zero-order valence-electron chi connectivity index (χ0n) is 18.4. The van der Waals surface area contributed by atoms with Gasteiger partial charge in [0.2, 0.25) is 5.95 Å². The summed E-state index contributed by atoms with van der Waals surface area (Å²) < 4.78 is 1.58. The molecular weight excluding hydrogens is 470 g/mol. The number of nitrogens with zero attached hydrogens (tertiary/aromatic N) is 5. The van der Waals surface area contributed by atoms with E-state index in [4.69, 9.17) is 22.3 Å². The van der Waals surface area contributed by atoms with Gasteiger partial charge in [-0.15, -0.1) is 11.3 Å². The molecule has 3 aromatic heterocycles. The Balaban J connectivity index is 1.67. The number of benzene rings is 2. The monoisotopic (exact) mass is 489 g/mol. The molecule has 2 aromatic carbocycles. The van der Waals surface area contributed by atoms with Crippen molar-refractivity contribution in [3.8, 4) is 16.1 Å². The summed E-state index contributed by atoms with van der Waals surface area (Å²) in [6.45, 7) is 3.85. The van der Waals surface area contributed by atoms with E-state index in [0.29, 0.717) is 33.3 Å². The second-order valence-corrected chi connectivity index (χ2v) is 9.32. The molecule has 0 fully saturated rings. The van der Waals surface area contributed by atoms with Crippen molar-refractivity contribution in [1.82, 2.24) is 24.5 Å². The molecule has 170 valence electrons. The van der Waals surface area contributed by atoms with Crippen LogP contribution in [0.3, 0.4) is 0 Å². The molecule has 0 aliphatic carbocycles. The van der Waals surface area contributed by atoms with Gasteiger partial charge in [-0.25, -0.2) is 15.0 Å². The summed E-state index contributed by atoms with van der Waals surface area (Å²) in [6, 6.07) is 14.2. The molecule has 5 aromatic rings. The summed E-state index contributed by atoms with van der Waals surface area (Å²) >= 11 is 7.92. The Morgan fingerprint density at radius 1 is 1.06 bits per heavy atom. The minimum atomic E-state index is -0.418. The van der Waals surface area contributed by atoms with Gasteiger partial charge in [0.05, 0.1) is 43.1 Å². The number of hydrogen-bond donors (Lipinski definition) is 2. The highest BCUT2D eigenvalue weighted by atomic mass is 35.5. The van der Waals surface area contributed by atoms with E-state index < -0.39 is 6.04 Å². The van der Waals surface area contributed by atoms with Crippen molar-refractivity contribution in [3.63, 3.8) is 0 Å². The maximum atomic E-state index is 13.6. The first-order chi connectivity index (χ1) is 16.4. The van der Waals surface area contributed by atoms with Gasteiger partial charge in [0.25, 0.3) is 5.56 Å². The van der Waals surface area contributed by atoms with Crippen LogP contribution in [0.15, 0.2) is 65.7 Å². The van der Waals surface area contributed by atoms with E-state index in [0.717, 1.165) is 15.4 Å². The number of rotatable bonds is 5. The molecule has 0 unspecified atom stereocenters. The van der Waals surface area contributed by atoms with Crippen LogP contribution in [-0.4, -0.2) is 24.5 Å². The molecule has 0 bridgehead atoms. The average Bonchev–Trinajstić information content (AvgIpc) is 3.25. The standard InChI is InChI=1S/C24H20ClN7OS/c1-13(29-21-16(11-28-24(26)31-21)19-12-27-14(2)34-19)22-30-18-10-6-9-17(25)20(18)23(33)32(22)15-7-4-3-5-8-15/h3-13H,1-2H3,(H3,26,28,29,31)/t13-/m0/s1. The summed E-state index contributed by atoms with van der Waals surface area (Å²) in [7, 11) is 0. The van der Waals surface area contributed by atoms with Crippen molar-refractivity contribution in [2.75, 3.05) is 11.1 Å². The molecule has 0 amide bonds. The smallest absolute Gasteiger partial charge is 0.267 e. The normalized spacial score (nSPS) is 12.1. The molecule has 3 heterocycles. The van der Waals surface area contributed by atoms with Crippen LogP contribution >= 0.6 is 22.9 Å².